The number of anilines is 1. The van der Waals surface area contributed by atoms with Gasteiger partial charge in [0.05, 0.1) is 5.69 Å². The first-order valence-corrected chi connectivity index (χ1v) is 7.81. The number of aromatic nitrogens is 2. The molecule has 124 valence electrons. The molecule has 0 radical (unpaired) electrons. The number of nitrogens with zero attached hydrogens (tertiary/aromatic N) is 2. The number of aryl methyl sites for hydroxylation is 1. The van der Waals surface area contributed by atoms with Crippen LogP contribution in [0.5, 0.6) is 0 Å². The van der Waals surface area contributed by atoms with Crippen molar-refractivity contribution in [3.8, 4) is 5.69 Å². The number of urea groups is 1. The van der Waals surface area contributed by atoms with Crippen LogP contribution >= 0.6 is 0 Å². The lowest BCUT2D eigenvalue weighted by molar-refractivity contribution is 0.227. The standard InChI is InChI=1S/C17H24N4O2/c1-12(2)15(9-10-22)18-17(23)19-16-13(3)11-21(20-16)14-7-5-4-6-8-14/h4-8,11-12,15,22H,9-10H2,1-3H3,(H2,18,19,20,23)/t15-/m1/s1. The summed E-state index contributed by atoms with van der Waals surface area (Å²) in [6, 6.07) is 9.34. The number of para-hydroxylation sites is 1. The highest BCUT2D eigenvalue weighted by atomic mass is 16.3. The Labute approximate surface area is 136 Å². The van der Waals surface area contributed by atoms with Crippen molar-refractivity contribution in [1.82, 2.24) is 15.1 Å². The lowest BCUT2D eigenvalue weighted by atomic mass is 10.0. The van der Waals surface area contributed by atoms with Gasteiger partial charge in [0.1, 0.15) is 0 Å². The summed E-state index contributed by atoms with van der Waals surface area (Å²) in [7, 11) is 0. The molecule has 2 aromatic rings. The van der Waals surface area contributed by atoms with Gasteiger partial charge in [0, 0.05) is 24.4 Å². The smallest absolute Gasteiger partial charge is 0.320 e. The van der Waals surface area contributed by atoms with Gasteiger partial charge in [-0.2, -0.15) is 0 Å². The second-order valence-corrected chi connectivity index (χ2v) is 5.90. The third kappa shape index (κ3) is 4.56. The fraction of sp³-hybridized carbons (Fsp3) is 0.412. The predicted molar refractivity (Wildman–Crippen MR) is 90.8 cm³/mol. The molecule has 0 aliphatic carbocycles. The zero-order valence-electron chi connectivity index (χ0n) is 13.8. The van der Waals surface area contributed by atoms with Gasteiger partial charge in [-0.25, -0.2) is 9.48 Å². The average Bonchev–Trinajstić information content (AvgIpc) is 2.88. The van der Waals surface area contributed by atoms with Crippen molar-refractivity contribution in [2.75, 3.05) is 11.9 Å². The minimum absolute atomic E-state index is 0.0464. The Balaban J connectivity index is 2.05. The maximum atomic E-state index is 12.1. The van der Waals surface area contributed by atoms with Gasteiger partial charge in [-0.15, -0.1) is 5.10 Å². The summed E-state index contributed by atoms with van der Waals surface area (Å²) < 4.78 is 1.73. The number of aliphatic hydroxyl groups excluding tert-OH is 1. The van der Waals surface area contributed by atoms with Crippen molar-refractivity contribution in [2.45, 2.75) is 33.2 Å². The predicted octanol–water partition coefficient (Wildman–Crippen LogP) is 2.71. The van der Waals surface area contributed by atoms with Gasteiger partial charge in [0.2, 0.25) is 0 Å². The Bertz CT molecular complexity index is 637. The number of benzene rings is 1. The largest absolute Gasteiger partial charge is 0.396 e. The fourth-order valence-corrected chi connectivity index (χ4v) is 2.32. The van der Waals surface area contributed by atoms with E-state index in [0.717, 1.165) is 11.3 Å². The van der Waals surface area contributed by atoms with Crippen molar-refractivity contribution in [3.63, 3.8) is 0 Å². The SMILES string of the molecule is Cc1cn(-c2ccccc2)nc1NC(=O)N[C@H](CCO)C(C)C. The lowest BCUT2D eigenvalue weighted by Gasteiger charge is -2.21. The summed E-state index contributed by atoms with van der Waals surface area (Å²) in [5.41, 5.74) is 1.82. The third-order valence-electron chi connectivity index (χ3n) is 3.71. The maximum Gasteiger partial charge on any atom is 0.320 e. The van der Waals surface area contributed by atoms with E-state index in [-0.39, 0.29) is 24.6 Å². The van der Waals surface area contributed by atoms with Crippen LogP contribution in [-0.4, -0.2) is 33.6 Å². The van der Waals surface area contributed by atoms with Crippen LogP contribution in [0.25, 0.3) is 5.69 Å². The maximum absolute atomic E-state index is 12.1. The van der Waals surface area contributed by atoms with Crippen LogP contribution in [0.15, 0.2) is 36.5 Å². The van der Waals surface area contributed by atoms with Crippen LogP contribution in [0.3, 0.4) is 0 Å². The topological polar surface area (TPSA) is 79.2 Å². The minimum atomic E-state index is -0.307. The van der Waals surface area contributed by atoms with E-state index in [2.05, 4.69) is 15.7 Å². The first-order valence-electron chi connectivity index (χ1n) is 7.81. The van der Waals surface area contributed by atoms with Crippen LogP contribution < -0.4 is 10.6 Å². The van der Waals surface area contributed by atoms with Crippen LogP contribution in [-0.2, 0) is 0 Å². The van der Waals surface area contributed by atoms with Crippen LogP contribution in [0.4, 0.5) is 10.6 Å². The van der Waals surface area contributed by atoms with Crippen molar-refractivity contribution in [1.29, 1.82) is 0 Å². The molecule has 1 aromatic heterocycles. The molecular weight excluding hydrogens is 292 g/mol. The zero-order chi connectivity index (χ0) is 16.8. The van der Waals surface area contributed by atoms with Crippen LogP contribution in [0.1, 0.15) is 25.8 Å². The number of amides is 2. The average molecular weight is 316 g/mol. The molecule has 1 heterocycles. The molecule has 0 fully saturated rings. The molecule has 2 amide bonds. The number of carbonyl (C=O) groups is 1. The molecule has 23 heavy (non-hydrogen) atoms. The van der Waals surface area contributed by atoms with E-state index < -0.39 is 0 Å². The number of hydrogen-bond acceptors (Lipinski definition) is 3. The quantitative estimate of drug-likeness (QED) is 0.766. The Morgan fingerprint density at radius 2 is 2.00 bits per heavy atom. The van der Waals surface area contributed by atoms with Gasteiger partial charge in [0.25, 0.3) is 0 Å². The summed E-state index contributed by atoms with van der Waals surface area (Å²) in [6.07, 6.45) is 2.40. The Morgan fingerprint density at radius 3 is 2.61 bits per heavy atom. The van der Waals surface area contributed by atoms with Crippen molar-refractivity contribution in [2.24, 2.45) is 5.92 Å². The summed E-state index contributed by atoms with van der Waals surface area (Å²) in [5.74, 6) is 0.772. The molecule has 0 saturated heterocycles. The van der Waals surface area contributed by atoms with Gasteiger partial charge in [-0.1, -0.05) is 32.0 Å². The van der Waals surface area contributed by atoms with Crippen LogP contribution in [0, 0.1) is 12.8 Å². The van der Waals surface area contributed by atoms with Gasteiger partial charge >= 0.3 is 6.03 Å². The summed E-state index contributed by atoms with van der Waals surface area (Å²) >= 11 is 0. The van der Waals surface area contributed by atoms with E-state index in [1.54, 1.807) is 4.68 Å². The molecular formula is C17H24N4O2. The first kappa shape index (κ1) is 17.0. The van der Waals surface area contributed by atoms with Gasteiger partial charge < -0.3 is 10.4 Å². The molecule has 3 N–H and O–H groups in total. The van der Waals surface area contributed by atoms with E-state index in [1.807, 2.05) is 57.3 Å². The van der Waals surface area contributed by atoms with Crippen LogP contribution in [0.2, 0.25) is 0 Å². The van der Waals surface area contributed by atoms with Crippen molar-refractivity contribution < 1.29 is 9.90 Å². The van der Waals surface area contributed by atoms with E-state index in [4.69, 9.17) is 5.11 Å². The van der Waals surface area contributed by atoms with E-state index in [1.165, 1.54) is 0 Å². The molecule has 0 unspecified atom stereocenters. The lowest BCUT2D eigenvalue weighted by Crippen LogP contribution is -2.41. The number of carbonyl (C=O) groups excluding carboxylic acids is 1. The molecule has 6 heteroatoms. The summed E-state index contributed by atoms with van der Waals surface area (Å²) in [6.45, 7) is 5.96. The normalized spacial score (nSPS) is 12.2. The van der Waals surface area contributed by atoms with Gasteiger partial charge in [-0.3, -0.25) is 5.32 Å². The molecule has 0 aliphatic rings. The van der Waals surface area contributed by atoms with E-state index in [0.29, 0.717) is 12.2 Å². The highest BCUT2D eigenvalue weighted by Gasteiger charge is 2.17. The molecule has 6 nitrogen and oxygen atoms in total. The number of rotatable bonds is 6. The molecule has 1 aromatic carbocycles. The van der Waals surface area contributed by atoms with Gasteiger partial charge in [0.15, 0.2) is 5.82 Å². The highest BCUT2D eigenvalue weighted by Crippen LogP contribution is 2.15. The second-order valence-electron chi connectivity index (χ2n) is 5.90. The molecule has 0 bridgehead atoms. The van der Waals surface area contributed by atoms with Gasteiger partial charge in [-0.05, 0) is 31.4 Å². The number of hydrogen-bond donors (Lipinski definition) is 3. The molecule has 1 atom stereocenters. The van der Waals surface area contributed by atoms with Crippen molar-refractivity contribution in [3.05, 3.63) is 42.1 Å². The molecule has 0 saturated carbocycles. The van der Waals surface area contributed by atoms with Crippen molar-refractivity contribution >= 4 is 11.8 Å². The Hall–Kier alpha value is -2.34. The number of aliphatic hydroxyl groups is 1. The Morgan fingerprint density at radius 1 is 1.30 bits per heavy atom. The van der Waals surface area contributed by atoms with E-state index >= 15 is 0 Å². The zero-order valence-corrected chi connectivity index (χ0v) is 13.8. The van der Waals surface area contributed by atoms with E-state index in [9.17, 15) is 4.79 Å². The third-order valence-corrected chi connectivity index (χ3v) is 3.71. The molecule has 0 spiro atoms. The molecule has 0 aliphatic heterocycles. The fourth-order valence-electron chi connectivity index (χ4n) is 2.32. The first-order chi connectivity index (χ1) is 11.0. The second kappa shape index (κ2) is 7.78. The summed E-state index contributed by atoms with van der Waals surface area (Å²) in [4.78, 5) is 12.1. The molecule has 2 rings (SSSR count). The number of nitrogens with one attached hydrogen (secondary N) is 2. The summed E-state index contributed by atoms with van der Waals surface area (Å²) in [5, 5.41) is 19.2. The monoisotopic (exact) mass is 316 g/mol. The minimum Gasteiger partial charge on any atom is -0.396 e. The Kier molecular flexibility index (Phi) is 5.76. The highest BCUT2D eigenvalue weighted by molar-refractivity contribution is 5.89.